The number of likely N-dealkylation sites (N-methyl/N-ethyl adjacent to an activating group) is 1. The minimum atomic E-state index is -0.260. The van der Waals surface area contributed by atoms with E-state index in [0.29, 0.717) is 34.4 Å². The van der Waals surface area contributed by atoms with E-state index in [1.807, 2.05) is 25.9 Å². The summed E-state index contributed by atoms with van der Waals surface area (Å²) in [5.41, 5.74) is 7.76. The number of aryl methyl sites for hydroxylation is 1. The lowest BCUT2D eigenvalue weighted by molar-refractivity contribution is 0.102. The molecule has 0 bridgehead atoms. The Morgan fingerprint density at radius 3 is 2.77 bits per heavy atom. The molecule has 2 rings (SSSR count). The summed E-state index contributed by atoms with van der Waals surface area (Å²) in [6.45, 7) is 3.33. The van der Waals surface area contributed by atoms with Crippen LogP contribution in [-0.4, -0.2) is 49.5 Å². The Balaban J connectivity index is 2.16. The number of rotatable bonds is 9. The average molecular weight is 378 g/mol. The van der Waals surface area contributed by atoms with E-state index >= 15 is 0 Å². The zero-order chi connectivity index (χ0) is 19.1. The molecule has 8 heteroatoms. The number of amides is 1. The second-order valence-electron chi connectivity index (χ2n) is 6.09. The average Bonchev–Trinajstić information content (AvgIpc) is 2.96. The first-order valence-corrected chi connectivity index (χ1v) is 9.24. The van der Waals surface area contributed by atoms with Crippen molar-refractivity contribution >= 4 is 28.1 Å². The molecule has 1 amide bonds. The lowest BCUT2D eigenvalue weighted by Crippen LogP contribution is -2.19. The van der Waals surface area contributed by atoms with E-state index in [4.69, 9.17) is 15.2 Å². The molecule has 0 aliphatic carbocycles. The molecule has 7 nitrogen and oxygen atoms in total. The summed E-state index contributed by atoms with van der Waals surface area (Å²) in [5, 5.41) is 3.31. The summed E-state index contributed by atoms with van der Waals surface area (Å²) in [7, 11) is 5.54. The third kappa shape index (κ3) is 5.09. The molecule has 0 fully saturated rings. The summed E-state index contributed by atoms with van der Waals surface area (Å²) in [6.07, 6.45) is 1.62. The number of carbonyl (C=O) groups excluding carboxylic acids is 1. The van der Waals surface area contributed by atoms with Crippen LogP contribution >= 0.6 is 11.5 Å². The van der Waals surface area contributed by atoms with Crippen molar-refractivity contribution in [3.8, 4) is 11.5 Å². The molecule has 1 aromatic carbocycles. The van der Waals surface area contributed by atoms with Gasteiger partial charge in [-0.05, 0) is 44.2 Å². The number of nitrogens with one attached hydrogen (secondary N) is 1. The molecular weight excluding hydrogens is 352 g/mol. The van der Waals surface area contributed by atoms with Crippen LogP contribution in [-0.2, 0) is 6.42 Å². The van der Waals surface area contributed by atoms with Gasteiger partial charge in [0.05, 0.1) is 18.4 Å². The Kier molecular flexibility index (Phi) is 7.23. The summed E-state index contributed by atoms with van der Waals surface area (Å²) in [5.74, 6) is 0.937. The Morgan fingerprint density at radius 2 is 2.12 bits per heavy atom. The predicted octanol–water partition coefficient (Wildman–Crippen LogP) is 2.88. The number of benzene rings is 1. The van der Waals surface area contributed by atoms with Gasteiger partial charge in [-0.2, -0.15) is 4.37 Å². The van der Waals surface area contributed by atoms with Gasteiger partial charge in [0.25, 0.3) is 5.91 Å². The molecule has 0 spiro atoms. The van der Waals surface area contributed by atoms with E-state index in [1.165, 1.54) is 0 Å². The van der Waals surface area contributed by atoms with Crippen molar-refractivity contribution in [2.45, 2.75) is 19.8 Å². The fourth-order valence-corrected chi connectivity index (χ4v) is 3.08. The highest BCUT2D eigenvalue weighted by Crippen LogP contribution is 2.31. The maximum atomic E-state index is 12.7. The predicted molar refractivity (Wildman–Crippen MR) is 106 cm³/mol. The Hall–Kier alpha value is -2.32. The third-order valence-corrected chi connectivity index (χ3v) is 4.43. The molecule has 0 atom stereocenters. The van der Waals surface area contributed by atoms with Gasteiger partial charge in [0.2, 0.25) is 0 Å². The fraction of sp³-hybridized carbons (Fsp3) is 0.444. The topological polar surface area (TPSA) is 89.7 Å². The number of aromatic nitrogens is 1. The van der Waals surface area contributed by atoms with Crippen molar-refractivity contribution in [1.29, 1.82) is 0 Å². The minimum absolute atomic E-state index is 0.260. The van der Waals surface area contributed by atoms with Crippen LogP contribution in [0.25, 0.3) is 0 Å². The molecule has 1 heterocycles. The quantitative estimate of drug-likeness (QED) is 0.697. The number of anilines is 2. The highest BCUT2D eigenvalue weighted by molar-refractivity contribution is 7.10. The first-order valence-electron chi connectivity index (χ1n) is 8.47. The van der Waals surface area contributed by atoms with Crippen LogP contribution in [0.1, 0.15) is 29.4 Å². The summed E-state index contributed by atoms with van der Waals surface area (Å²) < 4.78 is 15.4. The monoisotopic (exact) mass is 378 g/mol. The molecule has 0 unspecified atom stereocenters. The first kappa shape index (κ1) is 20.0. The summed E-state index contributed by atoms with van der Waals surface area (Å²) in [4.78, 5) is 14.7. The zero-order valence-electron chi connectivity index (χ0n) is 15.7. The molecule has 0 aliphatic heterocycles. The van der Waals surface area contributed by atoms with Gasteiger partial charge in [0.15, 0.2) is 11.5 Å². The van der Waals surface area contributed by atoms with Gasteiger partial charge in [-0.3, -0.25) is 4.79 Å². The smallest absolute Gasteiger partial charge is 0.260 e. The van der Waals surface area contributed by atoms with Crippen LogP contribution in [0.15, 0.2) is 18.2 Å². The maximum absolute atomic E-state index is 12.7. The lowest BCUT2D eigenvalue weighted by Gasteiger charge is -2.15. The van der Waals surface area contributed by atoms with Gasteiger partial charge in [-0.1, -0.05) is 13.3 Å². The van der Waals surface area contributed by atoms with E-state index in [1.54, 1.807) is 25.3 Å². The third-order valence-electron chi connectivity index (χ3n) is 3.72. The highest BCUT2D eigenvalue weighted by Gasteiger charge is 2.19. The van der Waals surface area contributed by atoms with E-state index in [-0.39, 0.29) is 5.91 Å². The van der Waals surface area contributed by atoms with Gasteiger partial charge >= 0.3 is 0 Å². The number of nitrogens with zero attached hydrogens (tertiary/aromatic N) is 2. The van der Waals surface area contributed by atoms with Crippen LogP contribution in [0.2, 0.25) is 0 Å². The first-order chi connectivity index (χ1) is 12.5. The van der Waals surface area contributed by atoms with Gasteiger partial charge in [-0.15, -0.1) is 0 Å². The van der Waals surface area contributed by atoms with E-state index in [0.717, 1.165) is 36.6 Å². The molecule has 0 aliphatic rings. The van der Waals surface area contributed by atoms with Gasteiger partial charge in [-0.25, -0.2) is 0 Å². The Morgan fingerprint density at radius 1 is 1.35 bits per heavy atom. The molecule has 3 N–H and O–H groups in total. The summed E-state index contributed by atoms with van der Waals surface area (Å²) in [6, 6.07) is 5.29. The molecule has 2 aromatic rings. The van der Waals surface area contributed by atoms with Crippen molar-refractivity contribution < 1.29 is 14.3 Å². The number of ether oxygens (including phenoxy) is 2. The summed E-state index contributed by atoms with van der Waals surface area (Å²) >= 11 is 1.15. The molecule has 0 saturated carbocycles. The molecule has 1 aromatic heterocycles. The molecule has 0 saturated heterocycles. The largest absolute Gasteiger partial charge is 0.493 e. The van der Waals surface area contributed by atoms with Gasteiger partial charge in [0, 0.05) is 18.3 Å². The number of nitrogen functional groups attached to an aromatic ring is 1. The molecule has 0 radical (unpaired) electrons. The van der Waals surface area contributed by atoms with Crippen molar-refractivity contribution in [1.82, 2.24) is 9.27 Å². The number of hydrogen-bond donors (Lipinski definition) is 2. The molecule has 142 valence electrons. The van der Waals surface area contributed by atoms with Gasteiger partial charge in [0.1, 0.15) is 11.6 Å². The molecular formula is C18H26N4O3S. The van der Waals surface area contributed by atoms with Crippen molar-refractivity contribution in [3.05, 3.63) is 29.5 Å². The van der Waals surface area contributed by atoms with Crippen LogP contribution in [0.4, 0.5) is 10.7 Å². The SMILES string of the molecule is CCCc1nsc(N)c1C(=O)Nc1ccc(OC)c(OCCN(C)C)c1. The van der Waals surface area contributed by atoms with Crippen molar-refractivity contribution in [2.24, 2.45) is 0 Å². The van der Waals surface area contributed by atoms with Crippen LogP contribution < -0.4 is 20.5 Å². The van der Waals surface area contributed by atoms with Crippen LogP contribution in [0.5, 0.6) is 11.5 Å². The minimum Gasteiger partial charge on any atom is -0.493 e. The number of carbonyl (C=O) groups is 1. The number of nitrogens with two attached hydrogens (primary N) is 1. The van der Waals surface area contributed by atoms with E-state index < -0.39 is 0 Å². The Bertz CT molecular complexity index is 746. The van der Waals surface area contributed by atoms with E-state index in [9.17, 15) is 4.79 Å². The van der Waals surface area contributed by atoms with Crippen LogP contribution in [0.3, 0.4) is 0 Å². The standard InChI is InChI=1S/C18H26N4O3S/c1-5-6-13-16(17(19)26-21-13)18(23)20-12-7-8-14(24-4)15(11-12)25-10-9-22(2)3/h7-8,11H,5-6,9-10,19H2,1-4H3,(H,20,23). The molecule has 26 heavy (non-hydrogen) atoms. The normalized spacial score (nSPS) is 10.8. The Labute approximate surface area is 158 Å². The van der Waals surface area contributed by atoms with E-state index in [2.05, 4.69) is 9.69 Å². The fourth-order valence-electron chi connectivity index (χ4n) is 2.39. The second kappa shape index (κ2) is 9.40. The van der Waals surface area contributed by atoms with Gasteiger partial charge < -0.3 is 25.4 Å². The second-order valence-corrected chi connectivity index (χ2v) is 6.89. The maximum Gasteiger partial charge on any atom is 0.260 e. The van der Waals surface area contributed by atoms with Crippen molar-refractivity contribution in [3.63, 3.8) is 0 Å². The van der Waals surface area contributed by atoms with Crippen LogP contribution in [0, 0.1) is 0 Å². The number of methoxy groups -OCH3 is 1. The lowest BCUT2D eigenvalue weighted by atomic mass is 10.1. The van der Waals surface area contributed by atoms with Crippen molar-refractivity contribution in [2.75, 3.05) is 45.4 Å². The highest BCUT2D eigenvalue weighted by atomic mass is 32.1. The number of hydrogen-bond acceptors (Lipinski definition) is 7. The zero-order valence-corrected chi connectivity index (χ0v) is 16.5.